The van der Waals surface area contributed by atoms with Crippen molar-refractivity contribution in [3.8, 4) is 6.07 Å². The number of para-hydroxylation sites is 1. The number of nitrogens with one attached hydrogen (secondary N) is 2. The van der Waals surface area contributed by atoms with Gasteiger partial charge in [-0.3, -0.25) is 9.59 Å². The molecule has 2 aromatic carbocycles. The van der Waals surface area contributed by atoms with E-state index in [0.29, 0.717) is 16.3 Å². The zero-order valence-corrected chi connectivity index (χ0v) is 14.7. The SMILES string of the molecule is N#Cc1ccc(Cl)cc1NC(=O)CNc1ccccc1SCC(N)=O. The molecule has 0 saturated heterocycles. The van der Waals surface area contributed by atoms with Crippen molar-refractivity contribution in [2.75, 3.05) is 22.9 Å². The Hall–Kier alpha value is -2.69. The molecule has 8 heteroatoms. The molecule has 0 atom stereocenters. The van der Waals surface area contributed by atoms with Gasteiger partial charge in [-0.25, -0.2) is 0 Å². The number of carbonyl (C=O) groups is 2. The first-order chi connectivity index (χ1) is 12.0. The number of amides is 2. The third-order valence-electron chi connectivity index (χ3n) is 3.07. The molecule has 2 amide bonds. The van der Waals surface area contributed by atoms with Gasteiger partial charge in [0, 0.05) is 15.6 Å². The van der Waals surface area contributed by atoms with Crippen LogP contribution in [0.2, 0.25) is 5.02 Å². The maximum atomic E-state index is 12.1. The van der Waals surface area contributed by atoms with Gasteiger partial charge in [0.05, 0.1) is 23.5 Å². The average molecular weight is 375 g/mol. The summed E-state index contributed by atoms with van der Waals surface area (Å²) < 4.78 is 0. The molecule has 0 unspecified atom stereocenters. The Morgan fingerprint density at radius 3 is 2.68 bits per heavy atom. The lowest BCUT2D eigenvalue weighted by molar-refractivity contribution is -0.116. The Kier molecular flexibility index (Phi) is 6.69. The van der Waals surface area contributed by atoms with E-state index in [1.807, 2.05) is 24.3 Å². The van der Waals surface area contributed by atoms with E-state index in [9.17, 15) is 9.59 Å². The Balaban J connectivity index is 2.00. The smallest absolute Gasteiger partial charge is 0.243 e. The minimum absolute atomic E-state index is 0.00841. The number of anilines is 2. The number of nitrogens with zero attached hydrogens (tertiary/aromatic N) is 1. The van der Waals surface area contributed by atoms with Gasteiger partial charge in [-0.1, -0.05) is 23.7 Å². The van der Waals surface area contributed by atoms with Crippen LogP contribution in [0.4, 0.5) is 11.4 Å². The van der Waals surface area contributed by atoms with E-state index in [-0.39, 0.29) is 18.2 Å². The molecule has 2 aromatic rings. The summed E-state index contributed by atoms with van der Waals surface area (Å²) in [5.41, 5.74) is 6.56. The summed E-state index contributed by atoms with van der Waals surface area (Å²) >= 11 is 7.18. The highest BCUT2D eigenvalue weighted by molar-refractivity contribution is 8.00. The fourth-order valence-corrected chi connectivity index (χ4v) is 2.92. The van der Waals surface area contributed by atoms with E-state index in [0.717, 1.165) is 10.6 Å². The van der Waals surface area contributed by atoms with Gasteiger partial charge in [-0.15, -0.1) is 11.8 Å². The van der Waals surface area contributed by atoms with E-state index in [2.05, 4.69) is 10.6 Å². The van der Waals surface area contributed by atoms with Crippen molar-refractivity contribution in [1.29, 1.82) is 5.26 Å². The number of hydrogen-bond acceptors (Lipinski definition) is 5. The quantitative estimate of drug-likeness (QED) is 0.646. The molecule has 2 rings (SSSR count). The van der Waals surface area contributed by atoms with Crippen LogP contribution in [0.1, 0.15) is 5.56 Å². The van der Waals surface area contributed by atoms with Gasteiger partial charge >= 0.3 is 0 Å². The number of carbonyl (C=O) groups excluding carboxylic acids is 2. The molecule has 0 saturated carbocycles. The summed E-state index contributed by atoms with van der Waals surface area (Å²) in [4.78, 5) is 23.9. The van der Waals surface area contributed by atoms with Gasteiger partial charge in [0.15, 0.2) is 0 Å². The lowest BCUT2D eigenvalue weighted by Crippen LogP contribution is -2.22. The van der Waals surface area contributed by atoms with Gasteiger partial charge in [-0.2, -0.15) is 5.26 Å². The number of nitriles is 1. The Morgan fingerprint density at radius 1 is 1.20 bits per heavy atom. The van der Waals surface area contributed by atoms with Crippen molar-refractivity contribution in [1.82, 2.24) is 0 Å². The predicted molar refractivity (Wildman–Crippen MR) is 99.6 cm³/mol. The van der Waals surface area contributed by atoms with Crippen LogP contribution in [0.15, 0.2) is 47.4 Å². The van der Waals surface area contributed by atoms with E-state index >= 15 is 0 Å². The molecule has 0 aliphatic rings. The number of primary amides is 1. The van der Waals surface area contributed by atoms with Gasteiger partial charge in [0.1, 0.15) is 6.07 Å². The highest BCUT2D eigenvalue weighted by atomic mass is 35.5. The maximum absolute atomic E-state index is 12.1. The van der Waals surface area contributed by atoms with Gasteiger partial charge in [-0.05, 0) is 30.3 Å². The van der Waals surface area contributed by atoms with Crippen LogP contribution < -0.4 is 16.4 Å². The van der Waals surface area contributed by atoms with Crippen LogP contribution in [0.5, 0.6) is 0 Å². The highest BCUT2D eigenvalue weighted by Gasteiger charge is 2.09. The summed E-state index contributed by atoms with van der Waals surface area (Å²) in [5.74, 6) is -0.588. The second-order valence-corrected chi connectivity index (χ2v) is 6.41. The predicted octanol–water partition coefficient (Wildman–Crippen LogP) is 2.84. The van der Waals surface area contributed by atoms with Crippen molar-refractivity contribution >= 4 is 46.6 Å². The van der Waals surface area contributed by atoms with Crippen LogP contribution in [0.25, 0.3) is 0 Å². The Bertz CT molecular complexity index is 836. The summed E-state index contributed by atoms with van der Waals surface area (Å²) in [6.45, 7) is -0.00841. The first-order valence-electron chi connectivity index (χ1n) is 7.23. The first-order valence-corrected chi connectivity index (χ1v) is 8.59. The lowest BCUT2D eigenvalue weighted by atomic mass is 10.2. The van der Waals surface area contributed by atoms with Crippen LogP contribution in [-0.2, 0) is 9.59 Å². The summed E-state index contributed by atoms with van der Waals surface area (Å²) in [5, 5.41) is 15.2. The Labute approximate surface area is 154 Å². The normalized spacial score (nSPS) is 9.92. The van der Waals surface area contributed by atoms with Crippen molar-refractivity contribution in [3.63, 3.8) is 0 Å². The molecule has 0 radical (unpaired) electrons. The van der Waals surface area contributed by atoms with Crippen LogP contribution >= 0.6 is 23.4 Å². The molecule has 0 aliphatic carbocycles. The average Bonchev–Trinajstić information content (AvgIpc) is 2.59. The molecule has 128 valence electrons. The van der Waals surface area contributed by atoms with Crippen LogP contribution in [0, 0.1) is 11.3 Å². The molecule has 0 aromatic heterocycles. The largest absolute Gasteiger partial charge is 0.375 e. The number of thioether (sulfide) groups is 1. The molecule has 4 N–H and O–H groups in total. The number of benzene rings is 2. The monoisotopic (exact) mass is 374 g/mol. The van der Waals surface area contributed by atoms with Gasteiger partial charge in [0.25, 0.3) is 0 Å². The number of nitrogens with two attached hydrogens (primary N) is 1. The van der Waals surface area contributed by atoms with E-state index in [4.69, 9.17) is 22.6 Å². The van der Waals surface area contributed by atoms with Crippen molar-refractivity contribution < 1.29 is 9.59 Å². The number of rotatable bonds is 7. The van der Waals surface area contributed by atoms with Gasteiger partial charge in [0.2, 0.25) is 11.8 Å². The van der Waals surface area contributed by atoms with Crippen LogP contribution in [0.3, 0.4) is 0 Å². The summed E-state index contributed by atoms with van der Waals surface area (Å²) in [6.07, 6.45) is 0. The Morgan fingerprint density at radius 2 is 1.96 bits per heavy atom. The second-order valence-electron chi connectivity index (χ2n) is 4.95. The van der Waals surface area contributed by atoms with Crippen molar-refractivity contribution in [2.24, 2.45) is 5.73 Å². The standard InChI is InChI=1S/C17H15ClN4O2S/c18-12-6-5-11(8-19)14(7-12)22-17(24)9-21-13-3-1-2-4-15(13)25-10-16(20)23/h1-7,21H,9-10H2,(H2,20,23)(H,22,24). The zero-order chi connectivity index (χ0) is 18.2. The molecule has 0 fully saturated rings. The van der Waals surface area contributed by atoms with E-state index in [1.54, 1.807) is 18.2 Å². The van der Waals surface area contributed by atoms with E-state index in [1.165, 1.54) is 17.8 Å². The van der Waals surface area contributed by atoms with E-state index < -0.39 is 5.91 Å². The molecular weight excluding hydrogens is 360 g/mol. The molecular formula is C17H15ClN4O2S. The van der Waals surface area contributed by atoms with Crippen molar-refractivity contribution in [3.05, 3.63) is 53.1 Å². The maximum Gasteiger partial charge on any atom is 0.243 e. The first kappa shape index (κ1) is 18.6. The molecule has 0 spiro atoms. The fraction of sp³-hybridized carbons (Fsp3) is 0.118. The molecule has 0 bridgehead atoms. The van der Waals surface area contributed by atoms with Gasteiger partial charge < -0.3 is 16.4 Å². The third-order valence-corrected chi connectivity index (χ3v) is 4.40. The number of halogens is 1. The third kappa shape index (κ3) is 5.71. The summed E-state index contributed by atoms with van der Waals surface area (Å²) in [7, 11) is 0. The molecule has 0 aliphatic heterocycles. The summed E-state index contributed by atoms with van der Waals surface area (Å²) in [6, 6.07) is 13.9. The minimum Gasteiger partial charge on any atom is -0.375 e. The lowest BCUT2D eigenvalue weighted by Gasteiger charge is -2.12. The van der Waals surface area contributed by atoms with Crippen molar-refractivity contribution in [2.45, 2.75) is 4.90 Å². The topological polar surface area (TPSA) is 108 Å². The van der Waals surface area contributed by atoms with Crippen LogP contribution in [-0.4, -0.2) is 24.1 Å². The zero-order valence-electron chi connectivity index (χ0n) is 13.1. The molecule has 25 heavy (non-hydrogen) atoms. The molecule has 6 nitrogen and oxygen atoms in total. The highest BCUT2D eigenvalue weighted by Crippen LogP contribution is 2.26. The second kappa shape index (κ2) is 8.97. The minimum atomic E-state index is -0.414. The number of hydrogen-bond donors (Lipinski definition) is 3. The molecule has 0 heterocycles. The fourth-order valence-electron chi connectivity index (χ4n) is 1.97.